The lowest BCUT2D eigenvalue weighted by molar-refractivity contribution is 0.0871. The molecule has 0 aliphatic carbocycles. The van der Waals surface area contributed by atoms with Gasteiger partial charge in [-0.15, -0.1) is 0 Å². The van der Waals surface area contributed by atoms with Crippen LogP contribution in [-0.4, -0.2) is 33.6 Å². The Morgan fingerprint density at radius 3 is 2.65 bits per heavy atom. The number of nitrogens with one attached hydrogen (secondary N) is 1. The summed E-state index contributed by atoms with van der Waals surface area (Å²) in [5, 5.41) is 7.49. The van der Waals surface area contributed by atoms with E-state index in [1.54, 1.807) is 6.92 Å². The average Bonchev–Trinajstić information content (AvgIpc) is 2.34. The van der Waals surface area contributed by atoms with Gasteiger partial charge < -0.3 is 10.1 Å². The molecule has 0 aliphatic rings. The third-order valence-corrected chi connectivity index (χ3v) is 3.30. The first-order valence-corrected chi connectivity index (χ1v) is 7.50. The molecule has 0 bridgehead atoms. The quantitative estimate of drug-likeness (QED) is 0.805. The van der Waals surface area contributed by atoms with Crippen LogP contribution >= 0.6 is 0 Å². The van der Waals surface area contributed by atoms with E-state index in [0.29, 0.717) is 13.2 Å². The minimum atomic E-state index is -4.07. The van der Waals surface area contributed by atoms with Gasteiger partial charge in [-0.1, -0.05) is 0 Å². The summed E-state index contributed by atoms with van der Waals surface area (Å²) in [4.78, 5) is 11.4. The lowest BCUT2D eigenvalue weighted by Gasteiger charge is -2.14. The van der Waals surface area contributed by atoms with Gasteiger partial charge in [0.05, 0.1) is 11.5 Å². The van der Waals surface area contributed by atoms with Gasteiger partial charge in [-0.25, -0.2) is 17.9 Å². The van der Waals surface area contributed by atoms with Gasteiger partial charge in [0.2, 0.25) is 10.0 Å². The molecule has 8 heteroatoms. The third-order valence-electron chi connectivity index (χ3n) is 2.41. The number of carbonyl (C=O) groups is 1. The van der Waals surface area contributed by atoms with Gasteiger partial charge in [0.25, 0.3) is 5.91 Å². The molecule has 0 radical (unpaired) electrons. The highest BCUT2D eigenvalue weighted by Crippen LogP contribution is 2.13. The number of primary sulfonamides is 1. The maximum atomic E-state index is 13.3. The van der Waals surface area contributed by atoms with Crippen LogP contribution in [0, 0.1) is 5.82 Å². The van der Waals surface area contributed by atoms with Crippen LogP contribution in [0.1, 0.15) is 24.2 Å². The van der Waals surface area contributed by atoms with E-state index in [9.17, 15) is 17.6 Å². The number of carbonyl (C=O) groups excluding carboxylic acids is 1. The normalized spacial score (nSPS) is 13.0. The molecule has 0 aliphatic heterocycles. The fourth-order valence-electron chi connectivity index (χ4n) is 1.50. The van der Waals surface area contributed by atoms with Crippen LogP contribution in [0.2, 0.25) is 0 Å². The monoisotopic (exact) mass is 304 g/mol. The van der Waals surface area contributed by atoms with Crippen molar-refractivity contribution in [1.82, 2.24) is 5.32 Å². The number of amides is 1. The van der Waals surface area contributed by atoms with Crippen LogP contribution in [0.15, 0.2) is 23.1 Å². The van der Waals surface area contributed by atoms with Crippen molar-refractivity contribution in [1.29, 1.82) is 0 Å². The van der Waals surface area contributed by atoms with E-state index in [-0.39, 0.29) is 11.6 Å². The van der Waals surface area contributed by atoms with Crippen molar-refractivity contribution >= 4 is 15.9 Å². The lowest BCUT2D eigenvalue weighted by Crippen LogP contribution is -2.36. The molecule has 0 spiro atoms. The van der Waals surface area contributed by atoms with Crippen molar-refractivity contribution in [3.05, 3.63) is 29.6 Å². The molecule has 6 nitrogen and oxygen atoms in total. The standard InChI is InChI=1S/C12H17FN2O4S/c1-3-19-7-8(2)15-12(16)9-4-10(13)6-11(5-9)20(14,17)18/h4-6,8H,3,7H2,1-2H3,(H,15,16)(H2,14,17,18). The third kappa shape index (κ3) is 4.87. The smallest absolute Gasteiger partial charge is 0.251 e. The van der Waals surface area contributed by atoms with Crippen molar-refractivity contribution in [2.75, 3.05) is 13.2 Å². The largest absolute Gasteiger partial charge is 0.380 e. The van der Waals surface area contributed by atoms with Gasteiger partial charge in [0, 0.05) is 18.2 Å². The zero-order valence-electron chi connectivity index (χ0n) is 11.2. The molecule has 0 fully saturated rings. The van der Waals surface area contributed by atoms with Crippen LogP contribution in [0.3, 0.4) is 0 Å². The van der Waals surface area contributed by atoms with E-state index in [1.807, 2.05) is 6.92 Å². The second-order valence-corrected chi connectivity index (χ2v) is 5.82. The van der Waals surface area contributed by atoms with E-state index < -0.39 is 26.6 Å². The molecule has 0 aromatic heterocycles. The fraction of sp³-hybridized carbons (Fsp3) is 0.417. The Kier molecular flexibility index (Phi) is 5.61. The summed E-state index contributed by atoms with van der Waals surface area (Å²) in [5.41, 5.74) is -0.114. The van der Waals surface area contributed by atoms with Crippen molar-refractivity contribution in [2.45, 2.75) is 24.8 Å². The number of halogens is 1. The van der Waals surface area contributed by atoms with E-state index in [1.165, 1.54) is 0 Å². The van der Waals surface area contributed by atoms with Crippen molar-refractivity contribution < 1.29 is 22.3 Å². The van der Waals surface area contributed by atoms with Crippen LogP contribution in [0.25, 0.3) is 0 Å². The summed E-state index contributed by atoms with van der Waals surface area (Å²) in [6, 6.07) is 2.44. The molecule has 112 valence electrons. The summed E-state index contributed by atoms with van der Waals surface area (Å²) in [7, 11) is -4.07. The molecule has 1 atom stereocenters. The van der Waals surface area contributed by atoms with Gasteiger partial charge in [-0.05, 0) is 32.0 Å². The highest BCUT2D eigenvalue weighted by molar-refractivity contribution is 7.89. The Morgan fingerprint density at radius 1 is 1.45 bits per heavy atom. The fourth-order valence-corrected chi connectivity index (χ4v) is 2.07. The highest BCUT2D eigenvalue weighted by Gasteiger charge is 2.16. The zero-order chi connectivity index (χ0) is 15.3. The second-order valence-electron chi connectivity index (χ2n) is 4.25. The highest BCUT2D eigenvalue weighted by atomic mass is 32.2. The first kappa shape index (κ1) is 16.5. The molecule has 0 heterocycles. The van der Waals surface area contributed by atoms with Crippen LogP contribution in [-0.2, 0) is 14.8 Å². The van der Waals surface area contributed by atoms with Gasteiger partial charge in [-0.2, -0.15) is 0 Å². The Labute approximate surface area is 117 Å². The number of benzene rings is 1. The first-order chi connectivity index (χ1) is 9.24. The Morgan fingerprint density at radius 2 is 2.10 bits per heavy atom. The summed E-state index contributed by atoms with van der Waals surface area (Å²) in [5.74, 6) is -1.44. The van der Waals surface area contributed by atoms with Crippen LogP contribution < -0.4 is 10.5 Å². The summed E-state index contributed by atoms with van der Waals surface area (Å²) in [6.07, 6.45) is 0. The number of nitrogens with two attached hydrogens (primary N) is 1. The zero-order valence-corrected chi connectivity index (χ0v) is 12.0. The minimum absolute atomic E-state index is 0.114. The van der Waals surface area contributed by atoms with E-state index in [0.717, 1.165) is 18.2 Å². The molecule has 3 N–H and O–H groups in total. The van der Waals surface area contributed by atoms with Gasteiger partial charge in [0.15, 0.2) is 0 Å². The number of sulfonamides is 1. The Hall–Kier alpha value is -1.51. The summed E-state index contributed by atoms with van der Waals surface area (Å²) >= 11 is 0. The predicted octanol–water partition coefficient (Wildman–Crippen LogP) is 0.628. The predicted molar refractivity (Wildman–Crippen MR) is 71.2 cm³/mol. The molecule has 1 amide bonds. The molecule has 1 aromatic rings. The maximum Gasteiger partial charge on any atom is 0.251 e. The first-order valence-electron chi connectivity index (χ1n) is 5.96. The van der Waals surface area contributed by atoms with Crippen LogP contribution in [0.5, 0.6) is 0 Å². The molecule has 0 saturated carbocycles. The molecule has 20 heavy (non-hydrogen) atoms. The number of hydrogen-bond donors (Lipinski definition) is 2. The van der Waals surface area contributed by atoms with Crippen molar-refractivity contribution in [3.63, 3.8) is 0 Å². The molecule has 1 unspecified atom stereocenters. The van der Waals surface area contributed by atoms with Crippen molar-refractivity contribution in [3.8, 4) is 0 Å². The molecule has 1 rings (SSSR count). The van der Waals surface area contributed by atoms with Gasteiger partial charge >= 0.3 is 0 Å². The molecule has 0 saturated heterocycles. The topological polar surface area (TPSA) is 98.5 Å². The molecular weight excluding hydrogens is 287 g/mol. The maximum absolute atomic E-state index is 13.3. The van der Waals surface area contributed by atoms with E-state index >= 15 is 0 Å². The molecule has 1 aromatic carbocycles. The lowest BCUT2D eigenvalue weighted by atomic mass is 10.2. The molecular formula is C12H17FN2O4S. The summed E-state index contributed by atoms with van der Waals surface area (Å²) in [6.45, 7) is 4.35. The van der Waals surface area contributed by atoms with E-state index in [4.69, 9.17) is 9.88 Å². The van der Waals surface area contributed by atoms with Crippen LogP contribution in [0.4, 0.5) is 4.39 Å². The van der Waals surface area contributed by atoms with E-state index in [2.05, 4.69) is 5.32 Å². The summed E-state index contributed by atoms with van der Waals surface area (Å²) < 4.78 is 40.8. The number of rotatable bonds is 6. The van der Waals surface area contributed by atoms with Gasteiger partial charge in [0.1, 0.15) is 5.82 Å². The van der Waals surface area contributed by atoms with Crippen molar-refractivity contribution in [2.24, 2.45) is 5.14 Å². The number of ether oxygens (including phenoxy) is 1. The SMILES string of the molecule is CCOCC(C)NC(=O)c1cc(F)cc(S(N)(=O)=O)c1. The number of hydrogen-bond acceptors (Lipinski definition) is 4. The average molecular weight is 304 g/mol. The van der Waals surface area contributed by atoms with Gasteiger partial charge in [-0.3, -0.25) is 4.79 Å². The minimum Gasteiger partial charge on any atom is -0.380 e. The Balaban J connectivity index is 2.91. The Bertz CT molecular complexity index is 589. The second kappa shape index (κ2) is 6.78.